The molecule has 2 fully saturated rings. The molecule has 1 aromatic rings. The molecule has 2 saturated carbocycles. The Labute approximate surface area is 119 Å². The second kappa shape index (κ2) is 5.31. The first kappa shape index (κ1) is 13.2. The SMILES string of the molecule is COc1cc(C(NN)C2C3CCCCC32)ccc1Cl. The van der Waals surface area contributed by atoms with Crippen LogP contribution in [0.15, 0.2) is 18.2 Å². The van der Waals surface area contributed by atoms with Gasteiger partial charge < -0.3 is 4.74 Å². The van der Waals surface area contributed by atoms with E-state index in [2.05, 4.69) is 11.5 Å². The molecule has 0 spiro atoms. The summed E-state index contributed by atoms with van der Waals surface area (Å²) in [6, 6.07) is 6.18. The number of hydrogen-bond acceptors (Lipinski definition) is 3. The lowest BCUT2D eigenvalue weighted by Crippen LogP contribution is -2.30. The largest absolute Gasteiger partial charge is 0.495 e. The number of fused-ring (bicyclic) bond motifs is 1. The van der Waals surface area contributed by atoms with E-state index < -0.39 is 0 Å². The minimum absolute atomic E-state index is 0.222. The van der Waals surface area contributed by atoms with Crippen molar-refractivity contribution in [3.8, 4) is 5.75 Å². The van der Waals surface area contributed by atoms with Crippen LogP contribution in [0.1, 0.15) is 37.3 Å². The normalized spacial score (nSPS) is 30.6. The molecule has 3 rings (SSSR count). The van der Waals surface area contributed by atoms with E-state index >= 15 is 0 Å². The van der Waals surface area contributed by atoms with Gasteiger partial charge in [-0.1, -0.05) is 30.5 Å². The molecule has 2 aliphatic carbocycles. The lowest BCUT2D eigenvalue weighted by molar-refractivity contribution is 0.410. The fourth-order valence-corrected chi connectivity index (χ4v) is 4.04. The topological polar surface area (TPSA) is 47.3 Å². The Morgan fingerprint density at radius 1 is 1.32 bits per heavy atom. The zero-order valence-corrected chi connectivity index (χ0v) is 12.0. The second-order valence-electron chi connectivity index (χ2n) is 5.73. The fourth-order valence-electron chi connectivity index (χ4n) is 3.84. The van der Waals surface area contributed by atoms with Crippen molar-refractivity contribution < 1.29 is 4.74 Å². The molecule has 0 bridgehead atoms. The van der Waals surface area contributed by atoms with Gasteiger partial charge in [-0.25, -0.2) is 0 Å². The molecule has 104 valence electrons. The van der Waals surface area contributed by atoms with Crippen LogP contribution in [0.5, 0.6) is 5.75 Å². The van der Waals surface area contributed by atoms with E-state index in [4.69, 9.17) is 22.2 Å². The van der Waals surface area contributed by atoms with Crippen LogP contribution in [0.3, 0.4) is 0 Å². The lowest BCUT2D eigenvalue weighted by Gasteiger charge is -2.18. The molecule has 3 unspecified atom stereocenters. The van der Waals surface area contributed by atoms with Gasteiger partial charge in [0, 0.05) is 6.04 Å². The Kier molecular flexibility index (Phi) is 3.70. The van der Waals surface area contributed by atoms with Crippen molar-refractivity contribution in [1.82, 2.24) is 5.43 Å². The summed E-state index contributed by atoms with van der Waals surface area (Å²) in [5, 5.41) is 0.648. The Hall–Kier alpha value is -0.770. The van der Waals surface area contributed by atoms with Gasteiger partial charge in [-0.3, -0.25) is 11.3 Å². The first-order valence-electron chi connectivity index (χ1n) is 7.06. The number of nitrogens with one attached hydrogen (secondary N) is 1. The highest BCUT2D eigenvalue weighted by atomic mass is 35.5. The van der Waals surface area contributed by atoms with Crippen LogP contribution < -0.4 is 16.0 Å². The average Bonchev–Trinajstić information content (AvgIpc) is 3.16. The van der Waals surface area contributed by atoms with Gasteiger partial charge >= 0.3 is 0 Å². The molecular weight excluding hydrogens is 260 g/mol. The molecule has 3 atom stereocenters. The van der Waals surface area contributed by atoms with Crippen molar-refractivity contribution in [3.05, 3.63) is 28.8 Å². The van der Waals surface area contributed by atoms with E-state index in [0.29, 0.717) is 10.9 Å². The summed E-state index contributed by atoms with van der Waals surface area (Å²) >= 11 is 6.08. The summed E-state index contributed by atoms with van der Waals surface area (Å²) in [5.41, 5.74) is 4.19. The Bertz CT molecular complexity index is 453. The van der Waals surface area contributed by atoms with Crippen LogP contribution in [0, 0.1) is 17.8 Å². The summed E-state index contributed by atoms with van der Waals surface area (Å²) < 4.78 is 5.30. The monoisotopic (exact) mass is 280 g/mol. The van der Waals surface area contributed by atoms with Crippen molar-refractivity contribution in [2.45, 2.75) is 31.7 Å². The number of ether oxygens (including phenoxy) is 1. The predicted molar refractivity (Wildman–Crippen MR) is 77.0 cm³/mol. The third-order valence-electron chi connectivity index (χ3n) is 4.82. The third-order valence-corrected chi connectivity index (χ3v) is 5.13. The van der Waals surface area contributed by atoms with Crippen molar-refractivity contribution in [2.24, 2.45) is 23.6 Å². The van der Waals surface area contributed by atoms with Crippen molar-refractivity contribution >= 4 is 11.6 Å². The van der Waals surface area contributed by atoms with Gasteiger partial charge in [0.1, 0.15) is 5.75 Å². The number of halogens is 1. The molecule has 0 aromatic heterocycles. The predicted octanol–water partition coefficient (Wildman–Crippen LogP) is 3.29. The number of hydrogen-bond donors (Lipinski definition) is 2. The maximum atomic E-state index is 6.08. The minimum Gasteiger partial charge on any atom is -0.495 e. The van der Waals surface area contributed by atoms with Crippen molar-refractivity contribution in [1.29, 1.82) is 0 Å². The van der Waals surface area contributed by atoms with Crippen molar-refractivity contribution in [3.63, 3.8) is 0 Å². The summed E-state index contributed by atoms with van der Waals surface area (Å²) in [5.74, 6) is 8.93. The zero-order valence-electron chi connectivity index (χ0n) is 11.2. The molecule has 0 aliphatic heterocycles. The van der Waals surface area contributed by atoms with Crippen LogP contribution in [-0.2, 0) is 0 Å². The molecule has 0 heterocycles. The van der Waals surface area contributed by atoms with E-state index in [0.717, 1.165) is 17.6 Å². The lowest BCUT2D eigenvalue weighted by atomic mass is 10.00. The Morgan fingerprint density at radius 2 is 2.00 bits per heavy atom. The van der Waals surface area contributed by atoms with Gasteiger partial charge in [0.2, 0.25) is 0 Å². The van der Waals surface area contributed by atoms with Gasteiger partial charge in [-0.15, -0.1) is 0 Å². The number of rotatable bonds is 4. The van der Waals surface area contributed by atoms with Gasteiger partial charge in [-0.2, -0.15) is 0 Å². The summed E-state index contributed by atoms with van der Waals surface area (Å²) in [6.07, 6.45) is 5.47. The van der Waals surface area contributed by atoms with E-state index in [9.17, 15) is 0 Å². The van der Waals surface area contributed by atoms with Crippen LogP contribution in [0.25, 0.3) is 0 Å². The van der Waals surface area contributed by atoms with Gasteiger partial charge in [0.05, 0.1) is 12.1 Å². The molecule has 2 aliphatic rings. The molecule has 19 heavy (non-hydrogen) atoms. The molecule has 3 N–H and O–H groups in total. The Balaban J connectivity index is 1.82. The van der Waals surface area contributed by atoms with Crippen LogP contribution in [0.2, 0.25) is 5.02 Å². The molecule has 1 aromatic carbocycles. The maximum absolute atomic E-state index is 6.08. The fraction of sp³-hybridized carbons (Fsp3) is 0.600. The highest BCUT2D eigenvalue weighted by Crippen LogP contribution is 2.60. The maximum Gasteiger partial charge on any atom is 0.137 e. The smallest absolute Gasteiger partial charge is 0.137 e. The molecule has 0 amide bonds. The molecule has 3 nitrogen and oxygen atoms in total. The summed E-state index contributed by atoms with van der Waals surface area (Å²) in [6.45, 7) is 0. The van der Waals surface area contributed by atoms with Crippen molar-refractivity contribution in [2.75, 3.05) is 7.11 Å². The van der Waals surface area contributed by atoms with E-state index in [1.54, 1.807) is 7.11 Å². The van der Waals surface area contributed by atoms with Crippen LogP contribution in [-0.4, -0.2) is 7.11 Å². The van der Waals surface area contributed by atoms with Gasteiger partial charge in [0.25, 0.3) is 0 Å². The number of methoxy groups -OCH3 is 1. The van der Waals surface area contributed by atoms with Gasteiger partial charge in [-0.05, 0) is 48.3 Å². The number of benzene rings is 1. The first-order valence-corrected chi connectivity index (χ1v) is 7.43. The van der Waals surface area contributed by atoms with Crippen LogP contribution in [0.4, 0.5) is 0 Å². The highest BCUT2D eigenvalue weighted by molar-refractivity contribution is 6.32. The van der Waals surface area contributed by atoms with E-state index in [1.165, 1.54) is 31.2 Å². The van der Waals surface area contributed by atoms with E-state index in [1.807, 2.05) is 12.1 Å². The van der Waals surface area contributed by atoms with Crippen LogP contribution >= 0.6 is 11.6 Å². The summed E-state index contributed by atoms with van der Waals surface area (Å²) in [7, 11) is 1.65. The quantitative estimate of drug-likeness (QED) is 0.657. The van der Waals surface area contributed by atoms with Gasteiger partial charge in [0.15, 0.2) is 0 Å². The van der Waals surface area contributed by atoms with E-state index in [-0.39, 0.29) is 6.04 Å². The third kappa shape index (κ3) is 2.35. The zero-order chi connectivity index (χ0) is 13.4. The first-order chi connectivity index (χ1) is 9.26. The highest BCUT2D eigenvalue weighted by Gasteiger charge is 2.54. The molecule has 0 saturated heterocycles. The second-order valence-corrected chi connectivity index (χ2v) is 6.14. The number of hydrazine groups is 1. The molecule has 4 heteroatoms. The molecule has 0 radical (unpaired) electrons. The Morgan fingerprint density at radius 3 is 2.58 bits per heavy atom. The molecular formula is C15H21ClN2O. The minimum atomic E-state index is 0.222. The number of nitrogens with two attached hydrogens (primary N) is 1. The average molecular weight is 281 g/mol. The standard InChI is InChI=1S/C15H21ClN2O/c1-19-13-8-9(6-7-12(13)16)15(18-17)14-10-4-2-3-5-11(10)14/h6-8,10-11,14-15,18H,2-5,17H2,1H3. The summed E-state index contributed by atoms with van der Waals surface area (Å²) in [4.78, 5) is 0.